The van der Waals surface area contributed by atoms with Crippen LogP contribution in [0.3, 0.4) is 0 Å². The minimum absolute atomic E-state index is 0.0131. The lowest BCUT2D eigenvalue weighted by Gasteiger charge is -2.40. The van der Waals surface area contributed by atoms with E-state index in [1.807, 2.05) is 13.8 Å². The number of nitrogens with zero attached hydrogens (tertiary/aromatic N) is 1. The van der Waals surface area contributed by atoms with Gasteiger partial charge in [0.05, 0.1) is 6.54 Å². The quantitative estimate of drug-likeness (QED) is 0.828. The van der Waals surface area contributed by atoms with E-state index in [9.17, 15) is 9.59 Å². The topological polar surface area (TPSA) is 49.4 Å². The maximum atomic E-state index is 12.1. The van der Waals surface area contributed by atoms with Gasteiger partial charge in [-0.3, -0.25) is 9.59 Å². The maximum absolute atomic E-state index is 12.1. The molecule has 1 rings (SSSR count). The third-order valence-electron chi connectivity index (χ3n) is 4.09. The number of rotatable bonds is 5. The van der Waals surface area contributed by atoms with Crippen LogP contribution in [0.5, 0.6) is 0 Å². The highest BCUT2D eigenvalue weighted by Gasteiger charge is 2.38. The van der Waals surface area contributed by atoms with E-state index < -0.39 is 0 Å². The van der Waals surface area contributed by atoms with Crippen LogP contribution in [0.25, 0.3) is 0 Å². The standard InChI is InChI=1S/C15H28N2O2/c1-9(2)12(10(3)4)8-17-13(18)7-16-15(19)14(17)11(5)6/h9-12,14H,7-8H2,1-6H3,(H,16,19). The van der Waals surface area contributed by atoms with Crippen molar-refractivity contribution in [2.45, 2.75) is 47.6 Å². The molecule has 110 valence electrons. The lowest BCUT2D eigenvalue weighted by molar-refractivity contribution is -0.148. The van der Waals surface area contributed by atoms with Gasteiger partial charge in [-0.05, 0) is 23.7 Å². The van der Waals surface area contributed by atoms with Crippen molar-refractivity contribution in [2.24, 2.45) is 23.7 Å². The van der Waals surface area contributed by atoms with Gasteiger partial charge in [-0.15, -0.1) is 0 Å². The molecule has 1 N–H and O–H groups in total. The summed E-state index contributed by atoms with van der Waals surface area (Å²) < 4.78 is 0. The Labute approximate surface area is 116 Å². The molecule has 1 aliphatic heterocycles. The lowest BCUT2D eigenvalue weighted by Crippen LogP contribution is -2.61. The largest absolute Gasteiger partial charge is 0.345 e. The SMILES string of the molecule is CC(C)C(CN1C(=O)CNC(=O)C1C(C)C)C(C)C. The number of carbonyl (C=O) groups excluding carboxylic acids is 2. The highest BCUT2D eigenvalue weighted by Crippen LogP contribution is 2.25. The van der Waals surface area contributed by atoms with Crippen molar-refractivity contribution in [3.63, 3.8) is 0 Å². The molecule has 1 atom stereocenters. The molecular formula is C15H28N2O2. The second kappa shape index (κ2) is 6.40. The van der Waals surface area contributed by atoms with Gasteiger partial charge < -0.3 is 10.2 Å². The molecule has 0 bridgehead atoms. The average Bonchev–Trinajstić information content (AvgIpc) is 2.28. The molecule has 0 aliphatic carbocycles. The lowest BCUT2D eigenvalue weighted by atomic mass is 9.84. The minimum atomic E-state index is -0.318. The van der Waals surface area contributed by atoms with Crippen molar-refractivity contribution in [2.75, 3.05) is 13.1 Å². The zero-order chi connectivity index (χ0) is 14.7. The van der Waals surface area contributed by atoms with Crippen LogP contribution < -0.4 is 5.32 Å². The van der Waals surface area contributed by atoms with E-state index in [1.165, 1.54) is 0 Å². The van der Waals surface area contributed by atoms with Crippen molar-refractivity contribution in [3.05, 3.63) is 0 Å². The summed E-state index contributed by atoms with van der Waals surface area (Å²) in [4.78, 5) is 26.0. The van der Waals surface area contributed by atoms with Crippen LogP contribution in [-0.4, -0.2) is 35.8 Å². The zero-order valence-electron chi connectivity index (χ0n) is 13.1. The molecule has 1 aliphatic rings. The van der Waals surface area contributed by atoms with E-state index in [1.54, 1.807) is 4.90 Å². The molecule has 1 fully saturated rings. The first-order valence-corrected chi connectivity index (χ1v) is 7.32. The predicted octanol–water partition coefficient (Wildman–Crippen LogP) is 1.90. The van der Waals surface area contributed by atoms with Gasteiger partial charge in [0, 0.05) is 6.54 Å². The molecule has 0 saturated carbocycles. The van der Waals surface area contributed by atoms with Crippen LogP contribution >= 0.6 is 0 Å². The van der Waals surface area contributed by atoms with E-state index >= 15 is 0 Å². The number of piperazine rings is 1. The summed E-state index contributed by atoms with van der Waals surface area (Å²) in [6, 6.07) is -0.318. The van der Waals surface area contributed by atoms with E-state index in [4.69, 9.17) is 0 Å². The van der Waals surface area contributed by atoms with Crippen molar-refractivity contribution < 1.29 is 9.59 Å². The molecule has 2 amide bonds. The Bertz CT molecular complexity index is 329. The molecule has 19 heavy (non-hydrogen) atoms. The number of hydrogen-bond donors (Lipinski definition) is 1. The van der Waals surface area contributed by atoms with Crippen molar-refractivity contribution in [3.8, 4) is 0 Å². The van der Waals surface area contributed by atoms with Gasteiger partial charge in [0.15, 0.2) is 0 Å². The Morgan fingerprint density at radius 2 is 1.63 bits per heavy atom. The summed E-state index contributed by atoms with van der Waals surface area (Å²) in [7, 11) is 0. The molecule has 4 nitrogen and oxygen atoms in total. The summed E-state index contributed by atoms with van der Waals surface area (Å²) in [6.45, 7) is 13.6. The number of amides is 2. The van der Waals surface area contributed by atoms with Crippen LogP contribution in [0.4, 0.5) is 0 Å². The van der Waals surface area contributed by atoms with Crippen LogP contribution in [0.15, 0.2) is 0 Å². The third-order valence-corrected chi connectivity index (χ3v) is 4.09. The minimum Gasteiger partial charge on any atom is -0.345 e. The summed E-state index contributed by atoms with van der Waals surface area (Å²) >= 11 is 0. The molecule has 0 aromatic heterocycles. The first-order valence-electron chi connectivity index (χ1n) is 7.32. The molecule has 4 heteroatoms. The van der Waals surface area contributed by atoms with Gasteiger partial charge in [-0.25, -0.2) is 0 Å². The molecule has 1 saturated heterocycles. The summed E-state index contributed by atoms with van der Waals surface area (Å²) in [5, 5.41) is 2.69. The van der Waals surface area contributed by atoms with Gasteiger partial charge in [0.2, 0.25) is 11.8 Å². The Kier molecular flexibility index (Phi) is 5.39. The van der Waals surface area contributed by atoms with Crippen LogP contribution in [0.2, 0.25) is 0 Å². The summed E-state index contributed by atoms with van der Waals surface area (Å²) in [6.07, 6.45) is 0. The molecule has 0 aromatic carbocycles. The van der Waals surface area contributed by atoms with Crippen molar-refractivity contribution in [1.82, 2.24) is 10.2 Å². The molecular weight excluding hydrogens is 240 g/mol. The summed E-state index contributed by atoms with van der Waals surface area (Å²) in [5.74, 6) is 1.61. The van der Waals surface area contributed by atoms with Crippen LogP contribution in [0, 0.1) is 23.7 Å². The van der Waals surface area contributed by atoms with Gasteiger partial charge >= 0.3 is 0 Å². The van der Waals surface area contributed by atoms with E-state index in [-0.39, 0.29) is 30.3 Å². The Balaban J connectivity index is 2.92. The normalized spacial score (nSPS) is 20.9. The van der Waals surface area contributed by atoms with Crippen molar-refractivity contribution in [1.29, 1.82) is 0 Å². The Hall–Kier alpha value is -1.06. The number of hydrogen-bond acceptors (Lipinski definition) is 2. The highest BCUT2D eigenvalue weighted by molar-refractivity contribution is 5.94. The zero-order valence-corrected chi connectivity index (χ0v) is 13.1. The van der Waals surface area contributed by atoms with Crippen LogP contribution in [-0.2, 0) is 9.59 Å². The van der Waals surface area contributed by atoms with Gasteiger partial charge in [0.1, 0.15) is 6.04 Å². The van der Waals surface area contributed by atoms with E-state index in [0.717, 1.165) is 0 Å². The first kappa shape index (κ1) is 16.0. The second-order valence-corrected chi connectivity index (χ2v) is 6.60. The van der Waals surface area contributed by atoms with Crippen LogP contribution in [0.1, 0.15) is 41.5 Å². The molecule has 0 radical (unpaired) electrons. The fourth-order valence-corrected chi connectivity index (χ4v) is 2.96. The number of carbonyl (C=O) groups is 2. The highest BCUT2D eigenvalue weighted by atomic mass is 16.2. The Morgan fingerprint density at radius 3 is 2.05 bits per heavy atom. The van der Waals surface area contributed by atoms with E-state index in [0.29, 0.717) is 24.3 Å². The predicted molar refractivity (Wildman–Crippen MR) is 76.5 cm³/mol. The summed E-state index contributed by atoms with van der Waals surface area (Å²) in [5.41, 5.74) is 0. The van der Waals surface area contributed by atoms with Gasteiger partial charge in [-0.2, -0.15) is 0 Å². The second-order valence-electron chi connectivity index (χ2n) is 6.60. The number of nitrogens with one attached hydrogen (secondary N) is 1. The smallest absolute Gasteiger partial charge is 0.243 e. The average molecular weight is 268 g/mol. The monoisotopic (exact) mass is 268 g/mol. The fourth-order valence-electron chi connectivity index (χ4n) is 2.96. The Morgan fingerprint density at radius 1 is 1.11 bits per heavy atom. The van der Waals surface area contributed by atoms with E-state index in [2.05, 4.69) is 33.0 Å². The molecule has 1 heterocycles. The third kappa shape index (κ3) is 3.71. The maximum Gasteiger partial charge on any atom is 0.243 e. The molecule has 1 unspecified atom stereocenters. The molecule has 0 spiro atoms. The van der Waals surface area contributed by atoms with Gasteiger partial charge in [-0.1, -0.05) is 41.5 Å². The fraction of sp³-hybridized carbons (Fsp3) is 0.867. The van der Waals surface area contributed by atoms with Crippen molar-refractivity contribution >= 4 is 11.8 Å². The van der Waals surface area contributed by atoms with Gasteiger partial charge in [0.25, 0.3) is 0 Å². The first-order chi connectivity index (χ1) is 8.75. The molecule has 0 aromatic rings.